The molecule has 0 unspecified atom stereocenters. The monoisotopic (exact) mass is 642 g/mol. The Morgan fingerprint density at radius 1 is 0.295 bits per heavy atom. The van der Waals surface area contributed by atoms with E-state index in [4.69, 9.17) is 0 Å². The van der Waals surface area contributed by atoms with E-state index in [2.05, 4.69) is 56.2 Å². The summed E-state index contributed by atoms with van der Waals surface area (Å²) in [4.78, 5) is 8.01. The first-order chi connectivity index (χ1) is 21.5. The highest BCUT2D eigenvalue weighted by molar-refractivity contribution is 7.63. The maximum Gasteiger partial charge on any atom is 0.127 e. The Hall–Kier alpha value is 0.110. The summed E-state index contributed by atoms with van der Waals surface area (Å²) in [6, 6.07) is 0. The minimum absolute atomic E-state index is 0.839. The molecule has 0 aliphatic heterocycles. The van der Waals surface area contributed by atoms with Gasteiger partial charge in [-0.05, 0) is 77.8 Å². The SMILES string of the molecule is CCCCCCN(CCCCCC)CP(=O)(CN(CCCCCC)CCCCCC)CN(CCCCCC)CCCCCC. The molecule has 0 bridgehead atoms. The second-order valence-electron chi connectivity index (χ2n) is 14.2. The molecule has 0 aliphatic carbocycles. The topological polar surface area (TPSA) is 26.8 Å². The summed E-state index contributed by atoms with van der Waals surface area (Å²) in [5.41, 5.74) is 0. The molecule has 0 aliphatic rings. The van der Waals surface area contributed by atoms with Crippen LogP contribution < -0.4 is 0 Å². The molecular weight excluding hydrogens is 557 g/mol. The quantitative estimate of drug-likeness (QED) is 0.0502. The minimum atomic E-state index is -2.44. The van der Waals surface area contributed by atoms with Gasteiger partial charge in [0, 0.05) is 0 Å². The van der Waals surface area contributed by atoms with Gasteiger partial charge in [-0.2, -0.15) is 0 Å². The molecule has 5 heteroatoms. The molecule has 0 saturated carbocycles. The Bertz CT molecular complexity index is 499. The van der Waals surface area contributed by atoms with Gasteiger partial charge in [0.15, 0.2) is 0 Å². The molecule has 0 atom stereocenters. The fourth-order valence-corrected chi connectivity index (χ4v) is 9.86. The van der Waals surface area contributed by atoms with E-state index < -0.39 is 7.14 Å². The molecule has 0 radical (unpaired) electrons. The molecule has 266 valence electrons. The molecule has 44 heavy (non-hydrogen) atoms. The smallest absolute Gasteiger partial charge is 0.127 e. The number of hydrogen-bond acceptors (Lipinski definition) is 4. The van der Waals surface area contributed by atoms with Crippen LogP contribution in [0.1, 0.15) is 196 Å². The van der Waals surface area contributed by atoms with Crippen LogP contribution in [0.15, 0.2) is 0 Å². The zero-order chi connectivity index (χ0) is 32.6. The molecule has 0 aromatic carbocycles. The zero-order valence-electron chi connectivity index (χ0n) is 31.5. The van der Waals surface area contributed by atoms with Crippen LogP contribution >= 0.6 is 7.14 Å². The van der Waals surface area contributed by atoms with Crippen molar-refractivity contribution in [2.75, 3.05) is 58.1 Å². The summed E-state index contributed by atoms with van der Waals surface area (Å²) in [7, 11) is -2.44. The van der Waals surface area contributed by atoms with Crippen molar-refractivity contribution >= 4 is 7.14 Å². The van der Waals surface area contributed by atoms with Crippen molar-refractivity contribution in [1.29, 1.82) is 0 Å². The van der Waals surface area contributed by atoms with Crippen LogP contribution in [-0.4, -0.2) is 72.8 Å². The lowest BCUT2D eigenvalue weighted by molar-refractivity contribution is 0.262. The van der Waals surface area contributed by atoms with E-state index in [9.17, 15) is 0 Å². The van der Waals surface area contributed by atoms with Crippen LogP contribution in [0.25, 0.3) is 0 Å². The van der Waals surface area contributed by atoms with Crippen LogP contribution in [0, 0.1) is 0 Å². The Morgan fingerprint density at radius 3 is 0.636 bits per heavy atom. The second-order valence-corrected chi connectivity index (χ2v) is 17.2. The fourth-order valence-electron chi connectivity index (χ4n) is 6.56. The van der Waals surface area contributed by atoms with E-state index >= 15 is 4.57 Å². The van der Waals surface area contributed by atoms with Gasteiger partial charge in [-0.15, -0.1) is 0 Å². The lowest BCUT2D eigenvalue weighted by atomic mass is 10.2. The molecule has 0 rings (SSSR count). The van der Waals surface area contributed by atoms with Gasteiger partial charge in [0.2, 0.25) is 0 Å². The van der Waals surface area contributed by atoms with Crippen LogP contribution in [0.3, 0.4) is 0 Å². The van der Waals surface area contributed by atoms with Crippen LogP contribution in [0.4, 0.5) is 0 Å². The number of unbranched alkanes of at least 4 members (excludes halogenated alkanes) is 18. The predicted molar refractivity (Wildman–Crippen MR) is 202 cm³/mol. The summed E-state index contributed by atoms with van der Waals surface area (Å²) < 4.78 is 15.5. The zero-order valence-corrected chi connectivity index (χ0v) is 32.4. The van der Waals surface area contributed by atoms with Gasteiger partial charge >= 0.3 is 0 Å². The average molecular weight is 642 g/mol. The van der Waals surface area contributed by atoms with Crippen LogP contribution in [-0.2, 0) is 4.57 Å². The summed E-state index contributed by atoms with van der Waals surface area (Å²) in [5.74, 6) is 0. The van der Waals surface area contributed by atoms with Gasteiger partial charge < -0.3 is 4.57 Å². The van der Waals surface area contributed by atoms with Crippen molar-refractivity contribution in [2.24, 2.45) is 0 Å². The summed E-state index contributed by atoms with van der Waals surface area (Å²) in [6.07, 6.45) is 33.6. The number of nitrogens with zero attached hydrogens (tertiary/aromatic N) is 3. The highest BCUT2D eigenvalue weighted by Gasteiger charge is 2.30. The van der Waals surface area contributed by atoms with Crippen molar-refractivity contribution in [3.8, 4) is 0 Å². The van der Waals surface area contributed by atoms with E-state index in [1.165, 1.54) is 154 Å². The van der Waals surface area contributed by atoms with Crippen LogP contribution in [0.2, 0.25) is 0 Å². The third-order valence-electron chi connectivity index (χ3n) is 9.34. The van der Waals surface area contributed by atoms with E-state index in [0.29, 0.717) is 0 Å². The van der Waals surface area contributed by atoms with E-state index in [0.717, 1.165) is 58.1 Å². The third kappa shape index (κ3) is 27.2. The molecule has 0 spiro atoms. The standard InChI is InChI=1S/C39H84N3OP/c1-7-13-19-25-31-40(32-26-20-14-8-2)37-44(43,38-41(33-27-21-15-9-3)34-28-22-16-10-4)39-42(35-29-23-17-11-5)36-30-24-18-12-6/h7-39H2,1-6H3. The van der Waals surface area contributed by atoms with Crippen molar-refractivity contribution in [3.63, 3.8) is 0 Å². The molecule has 4 nitrogen and oxygen atoms in total. The third-order valence-corrected chi connectivity index (χ3v) is 12.1. The van der Waals surface area contributed by atoms with E-state index in [1.807, 2.05) is 0 Å². The van der Waals surface area contributed by atoms with Crippen LogP contribution in [0.5, 0.6) is 0 Å². The van der Waals surface area contributed by atoms with Gasteiger partial charge in [0.1, 0.15) is 7.14 Å². The normalized spacial score (nSPS) is 12.4. The Labute approximate surface area is 279 Å². The highest BCUT2D eigenvalue weighted by atomic mass is 31.2. The maximum atomic E-state index is 15.5. The van der Waals surface area contributed by atoms with Crippen molar-refractivity contribution in [2.45, 2.75) is 196 Å². The molecular formula is C39H84N3OP. The minimum Gasteiger partial charge on any atom is -0.320 e. The highest BCUT2D eigenvalue weighted by Crippen LogP contribution is 2.48. The molecule has 0 aromatic rings. The largest absolute Gasteiger partial charge is 0.320 e. The molecule has 0 aromatic heterocycles. The molecule has 0 N–H and O–H groups in total. The lowest BCUT2D eigenvalue weighted by Crippen LogP contribution is -2.37. The number of rotatable bonds is 36. The van der Waals surface area contributed by atoms with Gasteiger partial charge in [-0.1, -0.05) is 157 Å². The lowest BCUT2D eigenvalue weighted by Gasteiger charge is -2.35. The molecule has 0 saturated heterocycles. The summed E-state index contributed by atoms with van der Waals surface area (Å²) in [6.45, 7) is 20.7. The Kier molecular flexibility index (Phi) is 33.1. The van der Waals surface area contributed by atoms with E-state index in [1.54, 1.807) is 0 Å². The van der Waals surface area contributed by atoms with Gasteiger partial charge in [0.05, 0.1) is 18.9 Å². The summed E-state index contributed by atoms with van der Waals surface area (Å²) >= 11 is 0. The molecule has 0 fully saturated rings. The number of hydrogen-bond donors (Lipinski definition) is 0. The first-order valence-electron chi connectivity index (χ1n) is 20.2. The predicted octanol–water partition coefficient (Wildman–Crippen LogP) is 12.6. The van der Waals surface area contributed by atoms with Crippen molar-refractivity contribution in [3.05, 3.63) is 0 Å². The molecule has 0 heterocycles. The van der Waals surface area contributed by atoms with Crippen molar-refractivity contribution < 1.29 is 4.57 Å². The molecule has 0 amide bonds. The van der Waals surface area contributed by atoms with E-state index in [-0.39, 0.29) is 0 Å². The fraction of sp³-hybridized carbons (Fsp3) is 1.00. The summed E-state index contributed by atoms with van der Waals surface area (Å²) in [5, 5.41) is 0. The Balaban J connectivity index is 5.98. The second kappa shape index (κ2) is 33.0. The first kappa shape index (κ1) is 44.1. The van der Waals surface area contributed by atoms with Crippen molar-refractivity contribution in [1.82, 2.24) is 14.7 Å². The average Bonchev–Trinajstić information content (AvgIpc) is 3.01. The Morgan fingerprint density at radius 2 is 0.477 bits per heavy atom. The van der Waals surface area contributed by atoms with Gasteiger partial charge in [-0.3, -0.25) is 14.7 Å². The maximum absolute atomic E-state index is 15.5. The van der Waals surface area contributed by atoms with Gasteiger partial charge in [-0.25, -0.2) is 0 Å². The van der Waals surface area contributed by atoms with Gasteiger partial charge in [0.25, 0.3) is 0 Å². The first-order valence-corrected chi connectivity index (χ1v) is 22.5.